The summed E-state index contributed by atoms with van der Waals surface area (Å²) < 4.78 is 32.2. The summed E-state index contributed by atoms with van der Waals surface area (Å²) in [5.41, 5.74) is 3.40. The van der Waals surface area contributed by atoms with Gasteiger partial charge in [0.15, 0.2) is 0 Å². The van der Waals surface area contributed by atoms with Crippen LogP contribution in [0.2, 0.25) is 0 Å². The molecule has 0 aromatic heterocycles. The maximum atomic E-state index is 12.6. The maximum Gasteiger partial charge on any atom is 0.255 e. The normalized spacial score (nSPS) is 11.5. The number of methoxy groups -OCH3 is 1. The van der Waals surface area contributed by atoms with Gasteiger partial charge in [-0.05, 0) is 42.5 Å². The average molecular weight is 497 g/mol. The number of carbonyl (C=O) groups is 2. The largest absolute Gasteiger partial charge is 0.496 e. The Bertz CT molecular complexity index is 1060. The van der Waals surface area contributed by atoms with Crippen LogP contribution in [-0.4, -0.2) is 51.5 Å². The van der Waals surface area contributed by atoms with Crippen LogP contribution in [0.3, 0.4) is 0 Å². The summed E-state index contributed by atoms with van der Waals surface area (Å²) in [4.78, 5) is 23.1. The van der Waals surface area contributed by atoms with Gasteiger partial charge in [0.1, 0.15) is 5.75 Å². The number of rotatable bonds is 8. The van der Waals surface area contributed by atoms with E-state index in [1.165, 1.54) is 51.6 Å². The van der Waals surface area contributed by atoms with Crippen molar-refractivity contribution in [2.45, 2.75) is 11.8 Å². The van der Waals surface area contributed by atoms with Gasteiger partial charge in [0.25, 0.3) is 5.91 Å². The summed E-state index contributed by atoms with van der Waals surface area (Å²) in [6, 6.07) is 11.0. The second kappa shape index (κ2) is 10.3. The van der Waals surface area contributed by atoms with Crippen molar-refractivity contribution in [2.75, 3.05) is 26.0 Å². The van der Waals surface area contributed by atoms with Crippen molar-refractivity contribution in [3.05, 3.63) is 52.5 Å². The highest BCUT2D eigenvalue weighted by Crippen LogP contribution is 2.21. The molecule has 11 heteroatoms. The SMILES string of the molecule is COc1ccc(Br)cc1C=NNC(=O)CN(C)S(=O)(=O)c1ccc(NC(C)=O)cc1. The van der Waals surface area contributed by atoms with Crippen LogP contribution in [0.4, 0.5) is 5.69 Å². The first-order chi connectivity index (χ1) is 14.1. The van der Waals surface area contributed by atoms with E-state index in [-0.39, 0.29) is 10.8 Å². The average Bonchev–Trinajstić information content (AvgIpc) is 2.68. The number of carbonyl (C=O) groups excluding carboxylic acids is 2. The molecule has 2 aromatic rings. The second-order valence-corrected chi connectivity index (χ2v) is 9.11. The number of amides is 2. The fraction of sp³-hybridized carbons (Fsp3) is 0.211. The Balaban J connectivity index is 2.00. The van der Waals surface area contributed by atoms with Crippen molar-refractivity contribution in [3.63, 3.8) is 0 Å². The van der Waals surface area contributed by atoms with Gasteiger partial charge in [-0.1, -0.05) is 15.9 Å². The first-order valence-corrected chi connectivity index (χ1v) is 10.9. The Labute approximate surface area is 183 Å². The third kappa shape index (κ3) is 6.37. The zero-order chi connectivity index (χ0) is 22.3. The van der Waals surface area contributed by atoms with Crippen molar-refractivity contribution < 1.29 is 22.7 Å². The predicted octanol–water partition coefficient (Wildman–Crippen LogP) is 2.19. The van der Waals surface area contributed by atoms with Crippen molar-refractivity contribution >= 4 is 49.7 Å². The Morgan fingerprint density at radius 3 is 2.47 bits per heavy atom. The third-order valence-corrected chi connectivity index (χ3v) is 6.14. The third-order valence-electron chi connectivity index (χ3n) is 3.83. The first-order valence-electron chi connectivity index (χ1n) is 8.63. The van der Waals surface area contributed by atoms with Gasteiger partial charge in [-0.3, -0.25) is 9.59 Å². The minimum absolute atomic E-state index is 0.00530. The predicted molar refractivity (Wildman–Crippen MR) is 117 cm³/mol. The molecule has 0 fully saturated rings. The molecule has 30 heavy (non-hydrogen) atoms. The van der Waals surface area contributed by atoms with Crippen molar-refractivity contribution in [3.8, 4) is 5.75 Å². The molecule has 0 saturated carbocycles. The summed E-state index contributed by atoms with van der Waals surface area (Å²) in [6.45, 7) is 0.926. The lowest BCUT2D eigenvalue weighted by Crippen LogP contribution is -2.36. The molecule has 0 radical (unpaired) electrons. The molecule has 0 heterocycles. The van der Waals surface area contributed by atoms with E-state index < -0.39 is 22.5 Å². The van der Waals surface area contributed by atoms with Gasteiger partial charge in [0, 0.05) is 29.7 Å². The minimum Gasteiger partial charge on any atom is -0.496 e. The maximum absolute atomic E-state index is 12.6. The van der Waals surface area contributed by atoms with Crippen LogP contribution in [-0.2, 0) is 19.6 Å². The molecule has 0 spiro atoms. The van der Waals surface area contributed by atoms with Crippen LogP contribution in [0.15, 0.2) is 56.9 Å². The van der Waals surface area contributed by atoms with E-state index in [2.05, 4.69) is 31.8 Å². The summed E-state index contributed by atoms with van der Waals surface area (Å²) in [5.74, 6) is -0.305. The lowest BCUT2D eigenvalue weighted by Gasteiger charge is -2.16. The molecule has 2 N–H and O–H groups in total. The highest BCUT2D eigenvalue weighted by molar-refractivity contribution is 9.10. The molecule has 2 aromatic carbocycles. The molecule has 0 atom stereocenters. The van der Waals surface area contributed by atoms with E-state index in [1.54, 1.807) is 18.2 Å². The van der Waals surface area contributed by atoms with Crippen LogP contribution in [0.1, 0.15) is 12.5 Å². The topological polar surface area (TPSA) is 117 Å². The smallest absolute Gasteiger partial charge is 0.255 e. The van der Waals surface area contributed by atoms with E-state index in [0.717, 1.165) is 8.78 Å². The first kappa shape index (κ1) is 23.5. The lowest BCUT2D eigenvalue weighted by atomic mass is 10.2. The Morgan fingerprint density at radius 2 is 1.87 bits per heavy atom. The number of likely N-dealkylation sites (N-methyl/N-ethyl adjacent to an activating group) is 1. The Hall–Kier alpha value is -2.76. The Kier molecular flexibility index (Phi) is 8.09. The molecule has 2 rings (SSSR count). The van der Waals surface area contributed by atoms with E-state index in [1.807, 2.05) is 0 Å². The Morgan fingerprint density at radius 1 is 1.20 bits per heavy atom. The molecular weight excluding hydrogens is 476 g/mol. The van der Waals surface area contributed by atoms with E-state index in [9.17, 15) is 18.0 Å². The summed E-state index contributed by atoms with van der Waals surface area (Å²) in [5, 5.41) is 6.41. The zero-order valence-electron chi connectivity index (χ0n) is 16.5. The standard InChI is InChI=1S/C19H21BrN4O5S/c1-13(25)22-16-5-7-17(8-6-16)30(27,28)24(2)12-19(26)23-21-11-14-10-15(20)4-9-18(14)29-3/h4-11H,12H2,1-3H3,(H,22,25)(H,23,26). The van der Waals surface area contributed by atoms with Crippen LogP contribution in [0.5, 0.6) is 5.75 Å². The van der Waals surface area contributed by atoms with Gasteiger partial charge in [0.2, 0.25) is 15.9 Å². The number of anilines is 1. The number of nitrogens with zero attached hydrogens (tertiary/aromatic N) is 2. The van der Waals surface area contributed by atoms with E-state index >= 15 is 0 Å². The molecule has 0 aliphatic rings. The van der Waals surface area contributed by atoms with E-state index in [4.69, 9.17) is 4.74 Å². The molecule has 0 aliphatic carbocycles. The number of benzene rings is 2. The number of nitrogens with one attached hydrogen (secondary N) is 2. The number of halogens is 1. The van der Waals surface area contributed by atoms with Crippen LogP contribution < -0.4 is 15.5 Å². The molecule has 0 aliphatic heterocycles. The van der Waals surface area contributed by atoms with Crippen LogP contribution in [0.25, 0.3) is 0 Å². The molecule has 0 bridgehead atoms. The van der Waals surface area contributed by atoms with E-state index in [0.29, 0.717) is 17.0 Å². The quantitative estimate of drug-likeness (QED) is 0.429. The monoisotopic (exact) mass is 496 g/mol. The fourth-order valence-electron chi connectivity index (χ4n) is 2.40. The van der Waals surface area contributed by atoms with Crippen molar-refractivity contribution in [2.24, 2.45) is 5.10 Å². The van der Waals surface area contributed by atoms with Gasteiger partial charge in [-0.25, -0.2) is 13.8 Å². The fourth-order valence-corrected chi connectivity index (χ4v) is 3.90. The number of hydrazone groups is 1. The highest BCUT2D eigenvalue weighted by atomic mass is 79.9. The summed E-state index contributed by atoms with van der Waals surface area (Å²) >= 11 is 3.34. The second-order valence-electron chi connectivity index (χ2n) is 6.15. The molecular formula is C19H21BrN4O5S. The minimum atomic E-state index is -3.89. The molecule has 9 nitrogen and oxygen atoms in total. The van der Waals surface area contributed by atoms with Crippen LogP contribution >= 0.6 is 15.9 Å². The summed E-state index contributed by atoms with van der Waals surface area (Å²) in [7, 11) is -1.09. The number of ether oxygens (including phenoxy) is 1. The number of sulfonamides is 1. The lowest BCUT2D eigenvalue weighted by molar-refractivity contribution is -0.121. The molecule has 2 amide bonds. The summed E-state index contributed by atoms with van der Waals surface area (Å²) in [6.07, 6.45) is 1.40. The number of hydrogen-bond acceptors (Lipinski definition) is 6. The van der Waals surface area contributed by atoms with Crippen molar-refractivity contribution in [1.29, 1.82) is 0 Å². The molecule has 160 valence electrons. The zero-order valence-corrected chi connectivity index (χ0v) is 19.0. The highest BCUT2D eigenvalue weighted by Gasteiger charge is 2.22. The van der Waals surface area contributed by atoms with Gasteiger partial charge in [0.05, 0.1) is 24.8 Å². The molecule has 0 saturated heterocycles. The van der Waals surface area contributed by atoms with Gasteiger partial charge < -0.3 is 10.1 Å². The van der Waals surface area contributed by atoms with Gasteiger partial charge in [-0.15, -0.1) is 0 Å². The van der Waals surface area contributed by atoms with Crippen LogP contribution in [0, 0.1) is 0 Å². The van der Waals surface area contributed by atoms with Crippen molar-refractivity contribution in [1.82, 2.24) is 9.73 Å². The van der Waals surface area contributed by atoms with Gasteiger partial charge >= 0.3 is 0 Å². The van der Waals surface area contributed by atoms with Gasteiger partial charge in [-0.2, -0.15) is 9.41 Å². The molecule has 0 unspecified atom stereocenters. The number of hydrogen-bond donors (Lipinski definition) is 2.